The number of halogens is 1. The number of thiocarbonyl (C=S) groups is 1. The van der Waals surface area contributed by atoms with Crippen molar-refractivity contribution in [2.45, 2.75) is 13.3 Å². The van der Waals surface area contributed by atoms with Crippen molar-refractivity contribution >= 4 is 40.7 Å². The Morgan fingerprint density at radius 2 is 2.05 bits per heavy atom. The van der Waals surface area contributed by atoms with Crippen LogP contribution in [-0.4, -0.2) is 22.0 Å². The lowest BCUT2D eigenvalue weighted by Crippen LogP contribution is -2.35. The quantitative estimate of drug-likeness (QED) is 0.615. The molecule has 1 aromatic carbocycles. The molecule has 0 heterocycles. The van der Waals surface area contributed by atoms with Crippen LogP contribution < -0.4 is 16.8 Å². The fourth-order valence-electron chi connectivity index (χ4n) is 1.61. The van der Waals surface area contributed by atoms with Crippen LogP contribution in [0.25, 0.3) is 0 Å². The summed E-state index contributed by atoms with van der Waals surface area (Å²) >= 11 is 10.9. The molecule has 0 spiro atoms. The van der Waals surface area contributed by atoms with Crippen LogP contribution in [0.1, 0.15) is 16.7 Å². The number of urea groups is 1. The summed E-state index contributed by atoms with van der Waals surface area (Å²) in [6, 6.07) is 0.485. The third-order valence-electron chi connectivity index (χ3n) is 2.44. The molecular weight excluding hydrogens is 290 g/mol. The number of benzene rings is 1. The number of primary amides is 2. The van der Waals surface area contributed by atoms with E-state index < -0.39 is 11.9 Å². The minimum absolute atomic E-state index is 0.0236. The number of phenols is 1. The number of rotatable bonds is 3. The summed E-state index contributed by atoms with van der Waals surface area (Å²) in [6.45, 7) is 1.65. The fourth-order valence-corrected chi connectivity index (χ4v) is 2.31. The van der Waals surface area contributed by atoms with Crippen molar-refractivity contribution in [3.63, 3.8) is 0 Å². The first-order valence-electron chi connectivity index (χ1n) is 5.14. The van der Waals surface area contributed by atoms with Gasteiger partial charge in [0.2, 0.25) is 5.91 Å². The van der Waals surface area contributed by atoms with E-state index in [9.17, 15) is 14.7 Å². The average molecular weight is 302 g/mol. The molecule has 3 amide bonds. The molecule has 0 radical (unpaired) electrons. The minimum atomic E-state index is -0.847. The molecule has 0 atom stereocenters. The van der Waals surface area contributed by atoms with E-state index in [1.807, 2.05) is 0 Å². The van der Waals surface area contributed by atoms with Crippen molar-refractivity contribution in [1.29, 1.82) is 0 Å². The number of amides is 3. The predicted molar refractivity (Wildman–Crippen MR) is 75.2 cm³/mol. The van der Waals surface area contributed by atoms with Crippen LogP contribution in [0.2, 0.25) is 5.02 Å². The molecule has 0 aliphatic rings. The van der Waals surface area contributed by atoms with Crippen LogP contribution in [-0.2, 0) is 11.2 Å². The molecule has 6 N–H and O–H groups in total. The second kappa shape index (κ2) is 5.85. The smallest absolute Gasteiger partial charge is 0.317 e. The molecule has 0 aliphatic carbocycles. The van der Waals surface area contributed by atoms with E-state index in [0.29, 0.717) is 11.1 Å². The zero-order valence-electron chi connectivity index (χ0n) is 9.99. The standard InChI is InChI=1S/C11H12ClN3O3S/c1-4-5(3-7(13)17)2-6(16)9(12)8(4)10(19)15-11(14)18/h2,16H,3H2,1H3,(H2,13,17)(H3,14,15,18,19). The van der Waals surface area contributed by atoms with E-state index in [4.69, 9.17) is 35.3 Å². The highest BCUT2D eigenvalue weighted by atomic mass is 35.5. The Morgan fingerprint density at radius 1 is 1.47 bits per heavy atom. The lowest BCUT2D eigenvalue weighted by atomic mass is 9.98. The Labute approximate surface area is 119 Å². The summed E-state index contributed by atoms with van der Waals surface area (Å²) in [5, 5.41) is 11.9. The van der Waals surface area contributed by atoms with Crippen molar-refractivity contribution in [3.8, 4) is 5.75 Å². The minimum Gasteiger partial charge on any atom is -0.506 e. The molecule has 1 aromatic rings. The van der Waals surface area contributed by atoms with Gasteiger partial charge in [0.05, 0.1) is 11.4 Å². The second-order valence-corrected chi connectivity index (χ2v) is 4.62. The molecule has 1 rings (SSSR count). The van der Waals surface area contributed by atoms with Crippen LogP contribution in [0.4, 0.5) is 4.79 Å². The average Bonchev–Trinajstić information content (AvgIpc) is 2.24. The lowest BCUT2D eigenvalue weighted by molar-refractivity contribution is -0.117. The summed E-state index contributed by atoms with van der Waals surface area (Å²) in [4.78, 5) is 21.7. The number of phenolic OH excluding ortho intramolecular Hbond substituents is 1. The molecule has 0 aromatic heterocycles. The van der Waals surface area contributed by atoms with Crippen molar-refractivity contribution in [1.82, 2.24) is 5.32 Å². The van der Waals surface area contributed by atoms with E-state index in [1.165, 1.54) is 6.07 Å². The van der Waals surface area contributed by atoms with Crippen LogP contribution in [0, 0.1) is 6.92 Å². The molecule has 0 unspecified atom stereocenters. The van der Waals surface area contributed by atoms with Crippen LogP contribution in [0.15, 0.2) is 6.07 Å². The van der Waals surface area contributed by atoms with Gasteiger partial charge in [0, 0.05) is 5.56 Å². The first-order valence-corrected chi connectivity index (χ1v) is 5.92. The van der Waals surface area contributed by atoms with Crippen LogP contribution in [0.5, 0.6) is 5.75 Å². The summed E-state index contributed by atoms with van der Waals surface area (Å²) in [7, 11) is 0. The first-order chi connectivity index (χ1) is 8.73. The van der Waals surface area contributed by atoms with Gasteiger partial charge in [0.1, 0.15) is 10.7 Å². The van der Waals surface area contributed by atoms with Crippen molar-refractivity contribution in [2.24, 2.45) is 11.5 Å². The number of nitrogens with two attached hydrogens (primary N) is 2. The molecule has 0 saturated carbocycles. The zero-order chi connectivity index (χ0) is 14.7. The van der Waals surface area contributed by atoms with Gasteiger partial charge in [-0.1, -0.05) is 23.8 Å². The molecular formula is C11H12ClN3O3S. The molecule has 0 bridgehead atoms. The zero-order valence-corrected chi connectivity index (χ0v) is 11.6. The first kappa shape index (κ1) is 15.2. The second-order valence-electron chi connectivity index (χ2n) is 3.83. The van der Waals surface area contributed by atoms with Crippen LogP contribution in [0.3, 0.4) is 0 Å². The molecule has 6 nitrogen and oxygen atoms in total. The maximum atomic E-state index is 11.0. The van der Waals surface area contributed by atoms with E-state index in [0.717, 1.165) is 0 Å². The highest BCUT2D eigenvalue weighted by molar-refractivity contribution is 7.80. The third kappa shape index (κ3) is 3.55. The number of carbonyl (C=O) groups is 2. The van der Waals surface area contributed by atoms with Gasteiger partial charge < -0.3 is 16.6 Å². The van der Waals surface area contributed by atoms with Gasteiger partial charge in [0.25, 0.3) is 0 Å². The summed E-state index contributed by atoms with van der Waals surface area (Å²) in [5.74, 6) is -0.823. The van der Waals surface area contributed by atoms with Crippen molar-refractivity contribution < 1.29 is 14.7 Å². The highest BCUT2D eigenvalue weighted by Crippen LogP contribution is 2.32. The fraction of sp³-hybridized carbons (Fsp3) is 0.182. The van der Waals surface area contributed by atoms with Gasteiger partial charge in [-0.05, 0) is 24.1 Å². The van der Waals surface area contributed by atoms with Crippen LogP contribution >= 0.6 is 23.8 Å². The summed E-state index contributed by atoms with van der Waals surface area (Å²) in [6.07, 6.45) is -0.0806. The maximum absolute atomic E-state index is 11.0. The Kier molecular flexibility index (Phi) is 4.68. The number of carbonyl (C=O) groups excluding carboxylic acids is 2. The number of hydrogen-bond donors (Lipinski definition) is 4. The summed E-state index contributed by atoms with van der Waals surface area (Å²) < 4.78 is 0. The number of nitrogens with one attached hydrogen (secondary N) is 1. The maximum Gasteiger partial charge on any atom is 0.317 e. The van der Waals surface area contributed by atoms with Crippen molar-refractivity contribution in [3.05, 3.63) is 27.8 Å². The Balaban J connectivity index is 3.36. The Morgan fingerprint density at radius 3 is 2.53 bits per heavy atom. The van der Waals surface area contributed by atoms with E-state index in [2.05, 4.69) is 5.32 Å². The topological polar surface area (TPSA) is 118 Å². The summed E-state index contributed by atoms with van der Waals surface area (Å²) in [5.41, 5.74) is 11.3. The number of hydrogen-bond acceptors (Lipinski definition) is 4. The van der Waals surface area contributed by atoms with Gasteiger partial charge in [-0.15, -0.1) is 0 Å². The molecule has 8 heteroatoms. The van der Waals surface area contributed by atoms with E-state index in [1.54, 1.807) is 6.92 Å². The largest absolute Gasteiger partial charge is 0.506 e. The molecule has 102 valence electrons. The van der Waals surface area contributed by atoms with Crippen molar-refractivity contribution in [2.75, 3.05) is 0 Å². The van der Waals surface area contributed by atoms with Gasteiger partial charge >= 0.3 is 6.03 Å². The highest BCUT2D eigenvalue weighted by Gasteiger charge is 2.18. The third-order valence-corrected chi connectivity index (χ3v) is 3.13. The SMILES string of the molecule is Cc1c(CC(N)=O)cc(O)c(Cl)c1C(=S)NC(N)=O. The van der Waals surface area contributed by atoms with Gasteiger partial charge in [-0.25, -0.2) is 4.79 Å². The monoisotopic (exact) mass is 301 g/mol. The molecule has 0 fully saturated rings. The molecule has 0 aliphatic heterocycles. The number of aromatic hydroxyl groups is 1. The van der Waals surface area contributed by atoms with E-state index >= 15 is 0 Å². The molecule has 19 heavy (non-hydrogen) atoms. The van der Waals surface area contributed by atoms with E-state index in [-0.39, 0.29) is 27.7 Å². The van der Waals surface area contributed by atoms with Gasteiger partial charge in [-0.3, -0.25) is 10.1 Å². The Hall–Kier alpha value is -1.86. The van der Waals surface area contributed by atoms with Gasteiger partial charge in [0.15, 0.2) is 0 Å². The predicted octanol–water partition coefficient (Wildman–Crippen LogP) is 0.726. The lowest BCUT2D eigenvalue weighted by Gasteiger charge is -2.15. The Bertz CT molecular complexity index is 575. The van der Waals surface area contributed by atoms with Gasteiger partial charge in [-0.2, -0.15) is 0 Å². The molecule has 0 saturated heterocycles. The normalized spacial score (nSPS) is 10.0.